The molecule has 0 fully saturated rings. The SMILES string of the molecule is CC=C1C=CC(O)=C(CCCCCCCCCCCC)C1CCCCCCCCCCCC. The molecule has 0 radical (unpaired) electrons. The molecular formula is C32H58O. The Bertz CT molecular complexity index is 539. The van der Waals surface area contributed by atoms with Gasteiger partial charge in [0, 0.05) is 5.92 Å². The normalized spacial score (nSPS) is 17.4. The highest BCUT2D eigenvalue weighted by atomic mass is 16.3. The fourth-order valence-electron chi connectivity index (χ4n) is 5.36. The Morgan fingerprint density at radius 1 is 0.606 bits per heavy atom. The molecule has 0 saturated carbocycles. The number of hydrogen-bond donors (Lipinski definition) is 1. The molecule has 1 unspecified atom stereocenters. The molecule has 0 aliphatic heterocycles. The minimum Gasteiger partial charge on any atom is -0.508 e. The van der Waals surface area contributed by atoms with Gasteiger partial charge < -0.3 is 5.11 Å². The molecule has 0 saturated heterocycles. The lowest BCUT2D eigenvalue weighted by Gasteiger charge is -2.26. The Labute approximate surface area is 208 Å². The molecule has 0 spiro atoms. The highest BCUT2D eigenvalue weighted by molar-refractivity contribution is 5.40. The fraction of sp³-hybridized carbons (Fsp3) is 0.812. The number of unbranched alkanes of at least 4 members (excludes halogenated alkanes) is 18. The van der Waals surface area contributed by atoms with Gasteiger partial charge >= 0.3 is 0 Å². The summed E-state index contributed by atoms with van der Waals surface area (Å²) in [6.45, 7) is 6.74. The second kappa shape index (κ2) is 21.5. The molecule has 0 bridgehead atoms. The van der Waals surface area contributed by atoms with E-state index in [2.05, 4.69) is 32.9 Å². The highest BCUT2D eigenvalue weighted by Gasteiger charge is 2.22. The number of aliphatic hydroxyl groups is 1. The average molecular weight is 459 g/mol. The van der Waals surface area contributed by atoms with Crippen LogP contribution in [0.3, 0.4) is 0 Å². The van der Waals surface area contributed by atoms with E-state index in [0.717, 1.165) is 6.42 Å². The van der Waals surface area contributed by atoms with E-state index in [1.807, 2.05) is 6.08 Å². The first-order chi connectivity index (χ1) is 16.2. The van der Waals surface area contributed by atoms with E-state index < -0.39 is 0 Å². The van der Waals surface area contributed by atoms with Crippen molar-refractivity contribution in [2.45, 2.75) is 162 Å². The van der Waals surface area contributed by atoms with Crippen molar-refractivity contribution in [3.8, 4) is 0 Å². The Morgan fingerprint density at radius 3 is 1.48 bits per heavy atom. The average Bonchev–Trinajstić information content (AvgIpc) is 2.82. The molecule has 1 aliphatic carbocycles. The lowest BCUT2D eigenvalue weighted by molar-refractivity contribution is 0.399. The predicted octanol–water partition coefficient (Wildman–Crippen LogP) is 11.6. The van der Waals surface area contributed by atoms with Crippen molar-refractivity contribution in [3.05, 3.63) is 35.1 Å². The van der Waals surface area contributed by atoms with Gasteiger partial charge in [0.15, 0.2) is 0 Å². The predicted molar refractivity (Wildman–Crippen MR) is 149 cm³/mol. The third-order valence-electron chi connectivity index (χ3n) is 7.57. The van der Waals surface area contributed by atoms with Crippen LogP contribution in [0, 0.1) is 5.92 Å². The molecule has 1 heteroatoms. The lowest BCUT2D eigenvalue weighted by atomic mass is 9.80. The molecular weight excluding hydrogens is 400 g/mol. The van der Waals surface area contributed by atoms with Crippen LogP contribution in [0.4, 0.5) is 0 Å². The minimum atomic E-state index is 0.451. The summed E-state index contributed by atoms with van der Waals surface area (Å²) in [6.07, 6.45) is 36.2. The van der Waals surface area contributed by atoms with Crippen molar-refractivity contribution in [1.82, 2.24) is 0 Å². The van der Waals surface area contributed by atoms with Crippen molar-refractivity contribution >= 4 is 0 Å². The molecule has 0 aromatic heterocycles. The van der Waals surface area contributed by atoms with Crippen molar-refractivity contribution in [1.29, 1.82) is 0 Å². The maximum atomic E-state index is 10.6. The van der Waals surface area contributed by atoms with E-state index in [1.165, 1.54) is 146 Å². The lowest BCUT2D eigenvalue weighted by Crippen LogP contribution is -2.13. The van der Waals surface area contributed by atoms with Crippen LogP contribution in [0.5, 0.6) is 0 Å². The topological polar surface area (TPSA) is 20.2 Å². The largest absolute Gasteiger partial charge is 0.508 e. The summed E-state index contributed by atoms with van der Waals surface area (Å²) in [5, 5.41) is 10.6. The maximum absolute atomic E-state index is 10.6. The van der Waals surface area contributed by atoms with Crippen LogP contribution >= 0.6 is 0 Å². The van der Waals surface area contributed by atoms with Crippen molar-refractivity contribution in [2.75, 3.05) is 0 Å². The van der Waals surface area contributed by atoms with Crippen LogP contribution in [0.2, 0.25) is 0 Å². The third kappa shape index (κ3) is 14.8. The summed E-state index contributed by atoms with van der Waals surface area (Å²) in [7, 11) is 0. The maximum Gasteiger partial charge on any atom is 0.115 e. The van der Waals surface area contributed by atoms with Crippen LogP contribution in [0.25, 0.3) is 0 Å². The van der Waals surface area contributed by atoms with Gasteiger partial charge in [-0.1, -0.05) is 148 Å². The fourth-order valence-corrected chi connectivity index (χ4v) is 5.36. The zero-order valence-corrected chi connectivity index (χ0v) is 22.8. The molecule has 1 rings (SSSR count). The van der Waals surface area contributed by atoms with Gasteiger partial charge in [0.25, 0.3) is 0 Å². The highest BCUT2D eigenvalue weighted by Crippen LogP contribution is 2.36. The number of rotatable bonds is 22. The molecule has 1 aliphatic rings. The van der Waals surface area contributed by atoms with Gasteiger partial charge in [-0.05, 0) is 43.4 Å². The molecule has 0 aromatic carbocycles. The number of aliphatic hydroxyl groups excluding tert-OH is 1. The van der Waals surface area contributed by atoms with Gasteiger partial charge in [-0.25, -0.2) is 0 Å². The number of allylic oxidation sites excluding steroid dienone is 5. The Morgan fingerprint density at radius 2 is 1.03 bits per heavy atom. The molecule has 33 heavy (non-hydrogen) atoms. The van der Waals surface area contributed by atoms with Crippen LogP contribution in [-0.4, -0.2) is 5.11 Å². The molecule has 0 amide bonds. The van der Waals surface area contributed by atoms with Gasteiger partial charge in [-0.3, -0.25) is 0 Å². The Hall–Kier alpha value is -0.980. The Kier molecular flexibility index (Phi) is 19.6. The quantitative estimate of drug-likeness (QED) is 0.160. The standard InChI is InChI=1S/C32H58O/c1-4-7-9-11-13-15-17-19-21-23-25-30-29(6-3)27-28-32(33)31(30)26-24-22-20-18-16-14-12-10-8-5-2/h6,27-28,30,33H,4-5,7-26H2,1-3H3. The summed E-state index contributed by atoms with van der Waals surface area (Å²) in [5.41, 5.74) is 2.74. The molecule has 1 nitrogen and oxygen atoms in total. The second-order valence-corrected chi connectivity index (χ2v) is 10.5. The van der Waals surface area contributed by atoms with Gasteiger partial charge in [0.2, 0.25) is 0 Å². The van der Waals surface area contributed by atoms with Gasteiger partial charge in [-0.15, -0.1) is 0 Å². The first-order valence-corrected chi connectivity index (χ1v) is 15.0. The second-order valence-electron chi connectivity index (χ2n) is 10.5. The zero-order valence-electron chi connectivity index (χ0n) is 22.8. The third-order valence-corrected chi connectivity index (χ3v) is 7.57. The first-order valence-electron chi connectivity index (χ1n) is 15.0. The van der Waals surface area contributed by atoms with Crippen LogP contribution in [0.1, 0.15) is 162 Å². The van der Waals surface area contributed by atoms with Crippen LogP contribution in [-0.2, 0) is 0 Å². The van der Waals surface area contributed by atoms with Gasteiger partial charge in [0.05, 0.1) is 0 Å². The monoisotopic (exact) mass is 458 g/mol. The molecule has 0 heterocycles. The number of hydrogen-bond acceptors (Lipinski definition) is 1. The molecule has 1 N–H and O–H groups in total. The van der Waals surface area contributed by atoms with Crippen molar-refractivity contribution in [2.24, 2.45) is 5.92 Å². The minimum absolute atomic E-state index is 0.451. The van der Waals surface area contributed by atoms with Gasteiger partial charge in [0.1, 0.15) is 5.76 Å². The summed E-state index contributed by atoms with van der Waals surface area (Å²) >= 11 is 0. The van der Waals surface area contributed by atoms with E-state index in [4.69, 9.17) is 0 Å². The van der Waals surface area contributed by atoms with E-state index in [0.29, 0.717) is 11.7 Å². The van der Waals surface area contributed by atoms with E-state index in [1.54, 1.807) is 0 Å². The van der Waals surface area contributed by atoms with Crippen LogP contribution in [0.15, 0.2) is 35.1 Å². The smallest absolute Gasteiger partial charge is 0.115 e. The van der Waals surface area contributed by atoms with Crippen LogP contribution < -0.4 is 0 Å². The summed E-state index contributed by atoms with van der Waals surface area (Å²) in [4.78, 5) is 0. The first kappa shape index (κ1) is 30.1. The van der Waals surface area contributed by atoms with Crippen molar-refractivity contribution in [3.63, 3.8) is 0 Å². The molecule has 192 valence electrons. The van der Waals surface area contributed by atoms with E-state index in [9.17, 15) is 5.11 Å². The molecule has 1 atom stereocenters. The Balaban J connectivity index is 2.24. The van der Waals surface area contributed by atoms with E-state index in [-0.39, 0.29) is 0 Å². The zero-order chi connectivity index (χ0) is 24.0. The summed E-state index contributed by atoms with van der Waals surface area (Å²) in [5.74, 6) is 1.02. The van der Waals surface area contributed by atoms with E-state index >= 15 is 0 Å². The summed E-state index contributed by atoms with van der Waals surface area (Å²) in [6, 6.07) is 0. The summed E-state index contributed by atoms with van der Waals surface area (Å²) < 4.78 is 0. The molecule has 0 aromatic rings. The van der Waals surface area contributed by atoms with Gasteiger partial charge in [-0.2, -0.15) is 0 Å². The van der Waals surface area contributed by atoms with Crippen molar-refractivity contribution < 1.29 is 5.11 Å².